The van der Waals surface area contributed by atoms with E-state index in [2.05, 4.69) is 43.2 Å². The molecule has 0 spiro atoms. The molecule has 1 aromatic carbocycles. The molecule has 2 heteroatoms. The molecule has 1 saturated heterocycles. The molecule has 0 saturated carbocycles. The highest BCUT2D eigenvalue weighted by atomic mass is 16.7. The summed E-state index contributed by atoms with van der Waals surface area (Å²) in [5.41, 5.74) is 1.29. The van der Waals surface area contributed by atoms with Crippen LogP contribution in [-0.4, -0.2) is 17.6 Å². The van der Waals surface area contributed by atoms with E-state index in [-0.39, 0.29) is 6.10 Å². The van der Waals surface area contributed by atoms with Crippen molar-refractivity contribution < 1.29 is 4.84 Å². The zero-order chi connectivity index (χ0) is 9.97. The van der Waals surface area contributed by atoms with Crippen LogP contribution in [-0.2, 0) is 4.84 Å². The highest BCUT2D eigenvalue weighted by molar-refractivity contribution is 5.18. The van der Waals surface area contributed by atoms with Crippen molar-refractivity contribution >= 4 is 0 Å². The molecule has 0 aliphatic carbocycles. The fourth-order valence-corrected chi connectivity index (χ4v) is 1.99. The third-order valence-electron chi connectivity index (χ3n) is 2.79. The van der Waals surface area contributed by atoms with Crippen molar-refractivity contribution in [3.05, 3.63) is 35.9 Å². The lowest BCUT2D eigenvalue weighted by atomic mass is 10.0. The van der Waals surface area contributed by atoms with Crippen molar-refractivity contribution in [1.29, 1.82) is 0 Å². The maximum Gasteiger partial charge on any atom is 0.106 e. The molecule has 1 aromatic rings. The molecule has 0 bridgehead atoms. The molecule has 0 N–H and O–H groups in total. The molecule has 0 unspecified atom stereocenters. The maximum absolute atomic E-state index is 5.84. The molecule has 0 radical (unpaired) electrons. The Morgan fingerprint density at radius 2 is 2.07 bits per heavy atom. The molecule has 14 heavy (non-hydrogen) atoms. The summed E-state index contributed by atoms with van der Waals surface area (Å²) in [6, 6.07) is 11.0. The number of rotatable bonds is 2. The lowest BCUT2D eigenvalue weighted by Gasteiger charge is -2.17. The average Bonchev–Trinajstić information content (AvgIpc) is 2.61. The Labute approximate surface area is 85.4 Å². The number of hydrogen-bond acceptors (Lipinski definition) is 2. The van der Waals surface area contributed by atoms with E-state index in [0.717, 1.165) is 13.0 Å². The van der Waals surface area contributed by atoms with E-state index in [1.807, 2.05) is 6.07 Å². The van der Waals surface area contributed by atoms with Gasteiger partial charge in [0.25, 0.3) is 0 Å². The molecule has 2 nitrogen and oxygen atoms in total. The summed E-state index contributed by atoms with van der Waals surface area (Å²) in [5, 5.41) is 2.07. The number of nitrogens with zero attached hydrogens (tertiary/aromatic N) is 1. The lowest BCUT2D eigenvalue weighted by Crippen LogP contribution is -2.24. The molecule has 1 aliphatic rings. The minimum Gasteiger partial charge on any atom is -0.291 e. The molecule has 1 fully saturated rings. The maximum atomic E-state index is 5.84. The van der Waals surface area contributed by atoms with Crippen LogP contribution in [0.2, 0.25) is 0 Å². The van der Waals surface area contributed by atoms with Gasteiger partial charge in [0.1, 0.15) is 6.10 Å². The Morgan fingerprint density at radius 1 is 1.36 bits per heavy atom. The van der Waals surface area contributed by atoms with E-state index in [0.29, 0.717) is 6.04 Å². The zero-order valence-electron chi connectivity index (χ0n) is 8.81. The molecule has 0 aromatic heterocycles. The molecule has 2 atom stereocenters. The lowest BCUT2D eigenvalue weighted by molar-refractivity contribution is -0.158. The van der Waals surface area contributed by atoms with Gasteiger partial charge in [-0.3, -0.25) is 4.84 Å². The topological polar surface area (TPSA) is 12.5 Å². The van der Waals surface area contributed by atoms with Crippen LogP contribution in [0.5, 0.6) is 0 Å². The standard InChI is InChI=1S/C12H17NO/c1-3-13-10(2)9-12(14-13)11-7-5-4-6-8-11/h4-8,10,12H,3,9H2,1-2H3/t10-,12-/m1/s1. The molecule has 0 amide bonds. The summed E-state index contributed by atoms with van der Waals surface area (Å²) in [4.78, 5) is 5.84. The van der Waals surface area contributed by atoms with Gasteiger partial charge in [-0.05, 0) is 18.9 Å². The van der Waals surface area contributed by atoms with E-state index >= 15 is 0 Å². The van der Waals surface area contributed by atoms with Crippen LogP contribution in [0.15, 0.2) is 30.3 Å². The SMILES string of the molecule is CCN1O[C@@H](c2ccccc2)C[C@H]1C. The summed E-state index contributed by atoms with van der Waals surface area (Å²) in [6.07, 6.45) is 1.35. The first-order valence-electron chi connectivity index (χ1n) is 5.29. The largest absolute Gasteiger partial charge is 0.291 e. The summed E-state index contributed by atoms with van der Waals surface area (Å²) >= 11 is 0. The first-order chi connectivity index (χ1) is 6.81. The number of benzene rings is 1. The second kappa shape index (κ2) is 4.11. The summed E-state index contributed by atoms with van der Waals surface area (Å²) in [5.74, 6) is 0. The van der Waals surface area contributed by atoms with E-state index in [1.165, 1.54) is 5.56 Å². The number of hydroxylamine groups is 2. The van der Waals surface area contributed by atoms with Crippen LogP contribution in [0.25, 0.3) is 0 Å². The van der Waals surface area contributed by atoms with Gasteiger partial charge in [-0.1, -0.05) is 37.3 Å². The molecule has 2 rings (SSSR count). The van der Waals surface area contributed by atoms with Crippen molar-refractivity contribution in [2.45, 2.75) is 32.4 Å². The molecular formula is C12H17NO. The van der Waals surface area contributed by atoms with Crippen molar-refractivity contribution in [3.8, 4) is 0 Å². The summed E-state index contributed by atoms with van der Waals surface area (Å²) in [7, 11) is 0. The summed E-state index contributed by atoms with van der Waals surface area (Å²) in [6.45, 7) is 5.31. The smallest absolute Gasteiger partial charge is 0.106 e. The van der Waals surface area contributed by atoms with E-state index in [1.54, 1.807) is 0 Å². The second-order valence-corrected chi connectivity index (χ2v) is 3.82. The van der Waals surface area contributed by atoms with Crippen molar-refractivity contribution in [1.82, 2.24) is 5.06 Å². The fourth-order valence-electron chi connectivity index (χ4n) is 1.99. The van der Waals surface area contributed by atoms with Crippen LogP contribution >= 0.6 is 0 Å². The van der Waals surface area contributed by atoms with Gasteiger partial charge in [0, 0.05) is 12.6 Å². The molecule has 1 heterocycles. The van der Waals surface area contributed by atoms with Gasteiger partial charge < -0.3 is 0 Å². The van der Waals surface area contributed by atoms with Gasteiger partial charge in [-0.15, -0.1) is 0 Å². The quantitative estimate of drug-likeness (QED) is 0.712. The van der Waals surface area contributed by atoms with E-state index < -0.39 is 0 Å². The van der Waals surface area contributed by atoms with Gasteiger partial charge >= 0.3 is 0 Å². The Morgan fingerprint density at radius 3 is 2.64 bits per heavy atom. The average molecular weight is 191 g/mol. The van der Waals surface area contributed by atoms with Crippen molar-refractivity contribution in [2.75, 3.05) is 6.54 Å². The monoisotopic (exact) mass is 191 g/mol. The highest BCUT2D eigenvalue weighted by Crippen LogP contribution is 2.32. The molecular weight excluding hydrogens is 174 g/mol. The third-order valence-corrected chi connectivity index (χ3v) is 2.79. The Hall–Kier alpha value is -0.860. The van der Waals surface area contributed by atoms with E-state index in [4.69, 9.17) is 4.84 Å². The third kappa shape index (κ3) is 1.81. The van der Waals surface area contributed by atoms with Gasteiger partial charge in [-0.25, -0.2) is 0 Å². The zero-order valence-corrected chi connectivity index (χ0v) is 8.81. The van der Waals surface area contributed by atoms with Gasteiger partial charge in [0.2, 0.25) is 0 Å². The molecule has 76 valence electrons. The summed E-state index contributed by atoms with van der Waals surface area (Å²) < 4.78 is 0. The highest BCUT2D eigenvalue weighted by Gasteiger charge is 2.29. The molecule has 1 aliphatic heterocycles. The van der Waals surface area contributed by atoms with Crippen molar-refractivity contribution in [2.24, 2.45) is 0 Å². The Balaban J connectivity index is 2.09. The van der Waals surface area contributed by atoms with Crippen LogP contribution in [0, 0.1) is 0 Å². The predicted octanol–water partition coefficient (Wildman–Crippen LogP) is 2.77. The van der Waals surface area contributed by atoms with Gasteiger partial charge in [0.15, 0.2) is 0 Å². The van der Waals surface area contributed by atoms with Crippen LogP contribution in [0.1, 0.15) is 31.9 Å². The van der Waals surface area contributed by atoms with Crippen LogP contribution < -0.4 is 0 Å². The van der Waals surface area contributed by atoms with Crippen LogP contribution in [0.3, 0.4) is 0 Å². The first kappa shape index (κ1) is 9.69. The first-order valence-corrected chi connectivity index (χ1v) is 5.29. The Bertz CT molecular complexity index is 286. The second-order valence-electron chi connectivity index (χ2n) is 3.82. The minimum absolute atomic E-state index is 0.256. The van der Waals surface area contributed by atoms with Crippen molar-refractivity contribution in [3.63, 3.8) is 0 Å². The Kier molecular flexibility index (Phi) is 2.85. The van der Waals surface area contributed by atoms with Gasteiger partial charge in [-0.2, -0.15) is 5.06 Å². The van der Waals surface area contributed by atoms with Crippen LogP contribution in [0.4, 0.5) is 0 Å². The predicted molar refractivity (Wildman–Crippen MR) is 56.7 cm³/mol. The number of hydrogen-bond donors (Lipinski definition) is 0. The minimum atomic E-state index is 0.256. The fraction of sp³-hybridized carbons (Fsp3) is 0.500. The normalized spacial score (nSPS) is 28.1. The van der Waals surface area contributed by atoms with Gasteiger partial charge in [0.05, 0.1) is 0 Å². The van der Waals surface area contributed by atoms with E-state index in [9.17, 15) is 0 Å².